The minimum Gasteiger partial charge on any atom is -0.306 e. The van der Waals surface area contributed by atoms with E-state index in [1.165, 1.54) is 33.2 Å². The number of nitrogens with zero attached hydrogens (tertiary/aromatic N) is 4. The second-order valence-corrected chi connectivity index (χ2v) is 8.90. The van der Waals surface area contributed by atoms with E-state index in [9.17, 15) is 0 Å². The molecule has 0 fully saturated rings. The van der Waals surface area contributed by atoms with Crippen LogP contribution >= 0.6 is 15.9 Å². The van der Waals surface area contributed by atoms with Crippen LogP contribution in [0.1, 0.15) is 0 Å². The molecule has 32 heavy (non-hydrogen) atoms. The van der Waals surface area contributed by atoms with Gasteiger partial charge in [0.25, 0.3) is 0 Å². The topological polar surface area (TPSA) is 26.0 Å². The number of rotatable bonds is 2. The minimum atomic E-state index is 1.06. The Labute approximate surface area is 193 Å². The molecule has 1 aliphatic heterocycles. The number of hydrogen-bond acceptors (Lipinski definition) is 2. The molecule has 7 rings (SSSR count). The van der Waals surface area contributed by atoms with Gasteiger partial charge in [-0.2, -0.15) is 0 Å². The summed E-state index contributed by atoms with van der Waals surface area (Å²) in [6, 6.07) is 30.4. The van der Waals surface area contributed by atoms with Gasteiger partial charge in [-0.3, -0.25) is 0 Å². The van der Waals surface area contributed by atoms with Gasteiger partial charge in [0.05, 0.1) is 34.4 Å². The highest BCUT2D eigenvalue weighted by Gasteiger charge is 2.28. The summed E-state index contributed by atoms with van der Waals surface area (Å²) in [4.78, 5) is 6.60. The average Bonchev–Trinajstić information content (AvgIpc) is 3.47. The fraction of sp³-hybridized carbons (Fsp3) is 0. The third kappa shape index (κ3) is 2.40. The first-order valence-corrected chi connectivity index (χ1v) is 11.3. The highest BCUT2D eigenvalue weighted by molar-refractivity contribution is 9.10. The molecule has 0 amide bonds. The Kier molecular flexibility index (Phi) is 3.66. The van der Waals surface area contributed by atoms with E-state index >= 15 is 0 Å². The van der Waals surface area contributed by atoms with Gasteiger partial charge < -0.3 is 14.0 Å². The predicted octanol–water partition coefficient (Wildman–Crippen LogP) is 7.52. The van der Waals surface area contributed by atoms with Gasteiger partial charge >= 0.3 is 0 Å². The summed E-state index contributed by atoms with van der Waals surface area (Å²) in [7, 11) is 0. The van der Waals surface area contributed by atoms with E-state index < -0.39 is 0 Å². The van der Waals surface area contributed by atoms with Gasteiger partial charge in [0.1, 0.15) is 0 Å². The van der Waals surface area contributed by atoms with Crippen molar-refractivity contribution in [1.82, 2.24) is 14.1 Å². The summed E-state index contributed by atoms with van der Waals surface area (Å²) in [6.07, 6.45) is 5.63. The average molecular weight is 477 g/mol. The van der Waals surface area contributed by atoms with E-state index in [-0.39, 0.29) is 0 Å². The van der Waals surface area contributed by atoms with E-state index in [0.29, 0.717) is 0 Å². The van der Waals surface area contributed by atoms with Crippen LogP contribution in [0, 0.1) is 0 Å². The van der Waals surface area contributed by atoms with Crippen LogP contribution in [0.3, 0.4) is 0 Å². The molecule has 1 aliphatic rings. The second-order valence-electron chi connectivity index (χ2n) is 7.98. The smallest absolute Gasteiger partial charge is 0.0991 e. The molecule has 152 valence electrons. The largest absolute Gasteiger partial charge is 0.306 e. The number of benzene rings is 4. The SMILES string of the molecule is Brc1cccc(N2c3cc(-n4ccnc4)ccc3-n3c4ccccc4c4cccc2c43)c1. The van der Waals surface area contributed by atoms with Crippen LogP contribution in [-0.2, 0) is 0 Å². The fourth-order valence-electron chi connectivity index (χ4n) is 4.91. The minimum absolute atomic E-state index is 1.06. The Bertz CT molecular complexity index is 1650. The molecule has 0 spiro atoms. The number of hydrogen-bond donors (Lipinski definition) is 0. The van der Waals surface area contributed by atoms with Crippen LogP contribution in [0.2, 0.25) is 0 Å². The summed E-state index contributed by atoms with van der Waals surface area (Å²) < 4.78 is 5.51. The summed E-state index contributed by atoms with van der Waals surface area (Å²) >= 11 is 3.67. The monoisotopic (exact) mass is 476 g/mol. The van der Waals surface area contributed by atoms with Crippen LogP contribution in [-0.4, -0.2) is 14.1 Å². The van der Waals surface area contributed by atoms with Crippen molar-refractivity contribution in [2.75, 3.05) is 4.90 Å². The quantitative estimate of drug-likeness (QED) is 0.258. The normalized spacial score (nSPS) is 12.5. The van der Waals surface area contributed by atoms with Gasteiger partial charge in [0.15, 0.2) is 0 Å². The number of anilines is 3. The van der Waals surface area contributed by atoms with Crippen molar-refractivity contribution in [3.63, 3.8) is 0 Å². The Morgan fingerprint density at radius 2 is 1.56 bits per heavy atom. The molecule has 0 aliphatic carbocycles. The zero-order valence-electron chi connectivity index (χ0n) is 17.0. The lowest BCUT2D eigenvalue weighted by molar-refractivity contribution is 1.04. The van der Waals surface area contributed by atoms with Crippen LogP contribution in [0.4, 0.5) is 17.1 Å². The first kappa shape index (κ1) is 17.8. The molecule has 0 unspecified atom stereocenters. The van der Waals surface area contributed by atoms with Crippen LogP contribution in [0.15, 0.2) is 108 Å². The second kappa shape index (κ2) is 6.58. The number of para-hydroxylation sites is 2. The maximum absolute atomic E-state index is 4.24. The van der Waals surface area contributed by atoms with E-state index in [1.54, 1.807) is 0 Å². The van der Waals surface area contributed by atoms with Gasteiger partial charge in [-0.15, -0.1) is 0 Å². The predicted molar refractivity (Wildman–Crippen MR) is 134 cm³/mol. The molecule has 0 atom stereocenters. The Balaban J connectivity index is 1.64. The Hall–Kier alpha value is -3.83. The van der Waals surface area contributed by atoms with Crippen molar-refractivity contribution >= 4 is 54.8 Å². The van der Waals surface area contributed by atoms with E-state index in [2.05, 4.69) is 115 Å². The van der Waals surface area contributed by atoms with Gasteiger partial charge in [-0.05, 0) is 48.5 Å². The molecule has 4 aromatic carbocycles. The molecule has 5 heteroatoms. The third-order valence-electron chi connectivity index (χ3n) is 6.22. The molecule has 0 bridgehead atoms. The Morgan fingerprint density at radius 1 is 0.688 bits per heavy atom. The first-order valence-electron chi connectivity index (χ1n) is 10.5. The first-order chi connectivity index (χ1) is 15.8. The maximum Gasteiger partial charge on any atom is 0.0991 e. The van der Waals surface area contributed by atoms with Crippen LogP contribution in [0.25, 0.3) is 33.2 Å². The number of imidazole rings is 1. The molecular formula is C27H17BrN4. The van der Waals surface area contributed by atoms with Gasteiger partial charge in [0, 0.05) is 39.0 Å². The maximum atomic E-state index is 4.24. The molecule has 0 saturated heterocycles. The van der Waals surface area contributed by atoms with Crippen molar-refractivity contribution in [3.05, 3.63) is 108 Å². The highest BCUT2D eigenvalue weighted by atomic mass is 79.9. The Morgan fingerprint density at radius 3 is 2.44 bits per heavy atom. The lowest BCUT2D eigenvalue weighted by Crippen LogP contribution is -2.18. The summed E-state index contributed by atoms with van der Waals surface area (Å²) in [6.45, 7) is 0. The standard InChI is InChI=1S/C27H17BrN4/c28-18-5-3-6-20(15-18)31-25-10-4-8-22-21-7-1-2-9-23(21)32(27(22)25)24-12-11-19(16-26(24)31)30-14-13-29-17-30/h1-17H. The van der Waals surface area contributed by atoms with E-state index in [4.69, 9.17) is 0 Å². The van der Waals surface area contributed by atoms with Crippen LogP contribution < -0.4 is 4.90 Å². The van der Waals surface area contributed by atoms with E-state index in [1.807, 2.05) is 23.3 Å². The molecular weight excluding hydrogens is 460 g/mol. The molecule has 3 heterocycles. The van der Waals surface area contributed by atoms with Gasteiger partial charge in [-0.25, -0.2) is 4.98 Å². The molecule has 2 aromatic heterocycles. The molecule has 6 aromatic rings. The highest BCUT2D eigenvalue weighted by Crippen LogP contribution is 2.50. The zero-order valence-corrected chi connectivity index (χ0v) is 18.6. The van der Waals surface area contributed by atoms with Crippen molar-refractivity contribution in [2.45, 2.75) is 0 Å². The van der Waals surface area contributed by atoms with Crippen molar-refractivity contribution < 1.29 is 0 Å². The lowest BCUT2D eigenvalue weighted by Gasteiger charge is -2.33. The van der Waals surface area contributed by atoms with Crippen molar-refractivity contribution in [1.29, 1.82) is 0 Å². The van der Waals surface area contributed by atoms with Crippen molar-refractivity contribution in [3.8, 4) is 11.4 Å². The zero-order chi connectivity index (χ0) is 21.2. The van der Waals surface area contributed by atoms with Gasteiger partial charge in [0.2, 0.25) is 0 Å². The van der Waals surface area contributed by atoms with Gasteiger partial charge in [-0.1, -0.05) is 52.3 Å². The number of halogens is 1. The number of aromatic nitrogens is 3. The summed E-state index contributed by atoms with van der Waals surface area (Å²) in [5, 5.41) is 2.53. The fourth-order valence-corrected chi connectivity index (χ4v) is 5.29. The molecule has 0 radical (unpaired) electrons. The molecule has 4 nitrogen and oxygen atoms in total. The van der Waals surface area contributed by atoms with E-state index in [0.717, 1.165) is 21.5 Å². The molecule has 0 saturated carbocycles. The third-order valence-corrected chi connectivity index (χ3v) is 6.72. The lowest BCUT2D eigenvalue weighted by atomic mass is 10.1. The van der Waals surface area contributed by atoms with Crippen molar-refractivity contribution in [2.24, 2.45) is 0 Å². The summed E-state index contributed by atoms with van der Waals surface area (Å²) in [5.41, 5.74) is 8.12. The molecule has 0 N–H and O–H groups in total. The van der Waals surface area contributed by atoms with Crippen LogP contribution in [0.5, 0.6) is 0 Å². The summed E-state index contributed by atoms with van der Waals surface area (Å²) in [5.74, 6) is 0. The number of fused-ring (bicyclic) bond motifs is 5.